The summed E-state index contributed by atoms with van der Waals surface area (Å²) in [5.74, 6) is -2.74. The van der Waals surface area contributed by atoms with Crippen LogP contribution in [-0.4, -0.2) is 50.5 Å². The van der Waals surface area contributed by atoms with E-state index in [0.29, 0.717) is 6.21 Å². The molecule has 0 aliphatic heterocycles. The van der Waals surface area contributed by atoms with Crippen molar-refractivity contribution >= 4 is 23.9 Å². The largest absolute Gasteiger partial charge is 0.480 e. The fourth-order valence-electron chi connectivity index (χ4n) is 1.01. The first-order valence-electron chi connectivity index (χ1n) is 5.15. The summed E-state index contributed by atoms with van der Waals surface area (Å²) in [6, 6.07) is -1.29. The third-order valence-electron chi connectivity index (χ3n) is 2.04. The monoisotopic (exact) mass is 257 g/mol. The van der Waals surface area contributed by atoms with E-state index in [4.69, 9.17) is 10.6 Å². The zero-order valence-electron chi connectivity index (χ0n) is 10.1. The Kier molecular flexibility index (Phi) is 5.87. The van der Waals surface area contributed by atoms with Gasteiger partial charge in [-0.15, -0.1) is 0 Å². The number of aliphatic hydroxyl groups is 1. The molecular formula is C10H15N3O5. The van der Waals surface area contributed by atoms with E-state index in [1.165, 1.54) is 13.8 Å². The van der Waals surface area contributed by atoms with Gasteiger partial charge in [0.1, 0.15) is 11.6 Å². The fourth-order valence-corrected chi connectivity index (χ4v) is 1.01. The average Bonchev–Trinajstić information content (AvgIpc) is 2.22. The van der Waals surface area contributed by atoms with Crippen LogP contribution in [0.1, 0.15) is 26.7 Å². The Morgan fingerprint density at radius 3 is 2.39 bits per heavy atom. The molecule has 18 heavy (non-hydrogen) atoms. The Morgan fingerprint density at radius 1 is 1.44 bits per heavy atom. The van der Waals surface area contributed by atoms with Gasteiger partial charge in [0.05, 0.1) is 0 Å². The van der Waals surface area contributed by atoms with Gasteiger partial charge in [0.2, 0.25) is 5.78 Å². The van der Waals surface area contributed by atoms with Crippen LogP contribution in [0.25, 0.3) is 5.53 Å². The summed E-state index contributed by atoms with van der Waals surface area (Å²) in [7, 11) is 0. The Bertz CT molecular complexity index is 393. The third-order valence-corrected chi connectivity index (χ3v) is 2.04. The minimum atomic E-state index is -1.70. The molecule has 0 heterocycles. The van der Waals surface area contributed by atoms with Gasteiger partial charge in [-0.2, -0.15) is 4.79 Å². The molecule has 0 spiro atoms. The maximum Gasteiger partial charge on any atom is 0.326 e. The van der Waals surface area contributed by atoms with Crippen LogP contribution in [0.15, 0.2) is 0 Å². The number of nitrogens with one attached hydrogen (secondary N) is 1. The van der Waals surface area contributed by atoms with Gasteiger partial charge in [-0.3, -0.25) is 9.59 Å². The number of hydrogen-bond donors (Lipinski definition) is 3. The lowest BCUT2D eigenvalue weighted by atomic mass is 10.1. The van der Waals surface area contributed by atoms with Crippen molar-refractivity contribution in [2.75, 3.05) is 0 Å². The number of nitrogens with zero attached hydrogens (tertiary/aromatic N) is 2. The minimum absolute atomic E-state index is 0.165. The lowest BCUT2D eigenvalue weighted by molar-refractivity contribution is -0.146. The second-order valence-corrected chi connectivity index (χ2v) is 4.17. The zero-order chi connectivity index (χ0) is 14.3. The van der Waals surface area contributed by atoms with Crippen LogP contribution < -0.4 is 5.32 Å². The van der Waals surface area contributed by atoms with Crippen LogP contribution in [0.2, 0.25) is 0 Å². The second-order valence-electron chi connectivity index (χ2n) is 4.17. The molecule has 0 aromatic heterocycles. The lowest BCUT2D eigenvalue weighted by Crippen LogP contribution is -2.49. The molecule has 8 nitrogen and oxygen atoms in total. The second kappa shape index (κ2) is 6.63. The molecule has 0 aliphatic carbocycles. The number of carbonyl (C=O) groups is 3. The van der Waals surface area contributed by atoms with E-state index in [9.17, 15) is 19.5 Å². The number of carboxylic acid groups (broad SMARTS) is 1. The Hall–Kier alpha value is -2.05. The first kappa shape index (κ1) is 16.0. The first-order chi connectivity index (χ1) is 8.18. The summed E-state index contributed by atoms with van der Waals surface area (Å²) in [5.41, 5.74) is 6.39. The molecule has 1 atom stereocenters. The van der Waals surface area contributed by atoms with Crippen molar-refractivity contribution in [3.8, 4) is 0 Å². The van der Waals surface area contributed by atoms with E-state index < -0.39 is 29.3 Å². The van der Waals surface area contributed by atoms with Gasteiger partial charge in [-0.1, -0.05) is 0 Å². The van der Waals surface area contributed by atoms with E-state index in [-0.39, 0.29) is 12.8 Å². The molecule has 0 unspecified atom stereocenters. The van der Waals surface area contributed by atoms with Crippen molar-refractivity contribution in [1.29, 1.82) is 0 Å². The molecule has 0 aromatic carbocycles. The summed E-state index contributed by atoms with van der Waals surface area (Å²) >= 11 is 0. The Labute approximate surface area is 103 Å². The molecule has 0 rings (SSSR count). The number of aliphatic carboxylic acids is 1. The molecule has 3 N–H and O–H groups in total. The van der Waals surface area contributed by atoms with Gasteiger partial charge in [0.25, 0.3) is 5.91 Å². The average molecular weight is 257 g/mol. The van der Waals surface area contributed by atoms with Gasteiger partial charge >= 0.3 is 12.2 Å². The molecule has 8 heteroatoms. The number of Topliss-reactive ketones (excluding diaryl/α,β-unsaturated/α-hetero) is 1. The quantitative estimate of drug-likeness (QED) is 0.304. The predicted molar refractivity (Wildman–Crippen MR) is 59.8 cm³/mol. The highest BCUT2D eigenvalue weighted by molar-refractivity contribution is 6.25. The maximum atomic E-state index is 11.4. The number of carboxylic acids is 1. The smallest absolute Gasteiger partial charge is 0.326 e. The number of hydrogen-bond acceptors (Lipinski definition) is 4. The van der Waals surface area contributed by atoms with Crippen LogP contribution in [0.5, 0.6) is 0 Å². The molecule has 0 saturated heterocycles. The first-order valence-corrected chi connectivity index (χ1v) is 5.15. The number of carbonyl (C=O) groups excluding carboxylic acids is 2. The van der Waals surface area contributed by atoms with Crippen molar-refractivity contribution in [3.05, 3.63) is 5.53 Å². The molecule has 0 saturated carbocycles. The SMILES string of the molecule is CC(C)(O)C(=O)N[C@@H](CCC(=O)C=[N+]=[N-])C(=O)O. The molecular weight excluding hydrogens is 242 g/mol. The van der Waals surface area contributed by atoms with Gasteiger partial charge in [-0.05, 0) is 20.3 Å². The normalized spacial score (nSPS) is 12.2. The van der Waals surface area contributed by atoms with Crippen LogP contribution in [-0.2, 0) is 14.4 Å². The Balaban J connectivity index is 4.51. The van der Waals surface area contributed by atoms with Crippen LogP contribution in [0.4, 0.5) is 0 Å². The van der Waals surface area contributed by atoms with E-state index in [1.54, 1.807) is 0 Å². The van der Waals surface area contributed by atoms with Gasteiger partial charge in [0.15, 0.2) is 0 Å². The van der Waals surface area contributed by atoms with E-state index >= 15 is 0 Å². The summed E-state index contributed by atoms with van der Waals surface area (Å²) in [4.78, 5) is 35.7. The molecule has 0 aromatic rings. The van der Waals surface area contributed by atoms with Crippen molar-refractivity contribution < 1.29 is 29.4 Å². The Morgan fingerprint density at radius 2 is 2.00 bits per heavy atom. The fraction of sp³-hybridized carbons (Fsp3) is 0.600. The van der Waals surface area contributed by atoms with Gasteiger partial charge in [0, 0.05) is 6.42 Å². The standard InChI is InChI=1S/C10H15N3O5/c1-10(2,18)9(17)13-7(8(15)16)4-3-6(14)5-12-11/h5,7,18H,3-4H2,1-2H3,(H,13,17)(H,15,16)/t7-/m0/s1. The van der Waals surface area contributed by atoms with Crippen LogP contribution >= 0.6 is 0 Å². The molecule has 0 aliphatic rings. The van der Waals surface area contributed by atoms with E-state index in [0.717, 1.165) is 0 Å². The maximum absolute atomic E-state index is 11.4. The van der Waals surface area contributed by atoms with Crippen molar-refractivity contribution in [2.45, 2.75) is 38.3 Å². The number of amides is 1. The molecule has 1 amide bonds. The molecule has 0 bridgehead atoms. The summed E-state index contributed by atoms with van der Waals surface area (Å²) in [6.07, 6.45) is 0.284. The molecule has 100 valence electrons. The number of ketones is 1. The number of rotatable bonds is 7. The van der Waals surface area contributed by atoms with E-state index in [2.05, 4.69) is 10.1 Å². The summed E-state index contributed by atoms with van der Waals surface area (Å²) < 4.78 is 0. The van der Waals surface area contributed by atoms with Crippen molar-refractivity contribution in [1.82, 2.24) is 5.32 Å². The highest BCUT2D eigenvalue weighted by atomic mass is 16.4. The highest BCUT2D eigenvalue weighted by Gasteiger charge is 2.29. The predicted octanol–water partition coefficient (Wildman–Crippen LogP) is -1.02. The van der Waals surface area contributed by atoms with Crippen molar-refractivity contribution in [2.24, 2.45) is 0 Å². The zero-order valence-corrected chi connectivity index (χ0v) is 10.1. The van der Waals surface area contributed by atoms with Gasteiger partial charge in [-0.25, -0.2) is 4.79 Å². The summed E-state index contributed by atoms with van der Waals surface area (Å²) in [5, 5.41) is 20.3. The highest BCUT2D eigenvalue weighted by Crippen LogP contribution is 2.04. The van der Waals surface area contributed by atoms with E-state index in [1.807, 2.05) is 0 Å². The third kappa shape index (κ3) is 5.88. The topological polar surface area (TPSA) is 140 Å². The molecule has 0 fully saturated rings. The molecule has 0 radical (unpaired) electrons. The van der Waals surface area contributed by atoms with Gasteiger partial charge < -0.3 is 21.1 Å². The van der Waals surface area contributed by atoms with Crippen LogP contribution in [0.3, 0.4) is 0 Å². The minimum Gasteiger partial charge on any atom is -0.480 e. The summed E-state index contributed by atoms with van der Waals surface area (Å²) in [6.45, 7) is 2.43. The van der Waals surface area contributed by atoms with Crippen LogP contribution in [0, 0.1) is 0 Å². The van der Waals surface area contributed by atoms with Crippen molar-refractivity contribution in [3.63, 3.8) is 0 Å². The lowest BCUT2D eigenvalue weighted by Gasteiger charge is -2.20.